The molecule has 0 spiro atoms. The van der Waals surface area contributed by atoms with Crippen molar-refractivity contribution in [1.82, 2.24) is 9.97 Å². The van der Waals surface area contributed by atoms with Gasteiger partial charge in [0.2, 0.25) is 0 Å². The summed E-state index contributed by atoms with van der Waals surface area (Å²) in [5.41, 5.74) is 1.12. The molecule has 0 unspecified atom stereocenters. The first kappa shape index (κ1) is 8.63. The maximum absolute atomic E-state index is 5.11. The van der Waals surface area contributed by atoms with E-state index in [1.807, 2.05) is 12.3 Å². The molecule has 1 aliphatic heterocycles. The fraction of sp³-hybridized carbons (Fsp3) is 0.600. The van der Waals surface area contributed by atoms with Crippen LogP contribution < -0.4 is 0 Å². The van der Waals surface area contributed by atoms with Gasteiger partial charge < -0.3 is 4.74 Å². The van der Waals surface area contributed by atoms with E-state index in [2.05, 4.69) is 23.8 Å². The topological polar surface area (TPSA) is 35.0 Å². The van der Waals surface area contributed by atoms with Crippen molar-refractivity contribution in [2.24, 2.45) is 0 Å². The van der Waals surface area contributed by atoms with Crippen molar-refractivity contribution >= 4 is 0 Å². The van der Waals surface area contributed by atoms with E-state index in [9.17, 15) is 0 Å². The summed E-state index contributed by atoms with van der Waals surface area (Å²) in [6.45, 7) is 5.84. The predicted molar refractivity (Wildman–Crippen MR) is 49.7 cm³/mol. The zero-order valence-electron chi connectivity index (χ0n) is 8.03. The molecule has 2 rings (SSSR count). The lowest BCUT2D eigenvalue weighted by Gasteiger charge is -2.24. The molecule has 2 heterocycles. The average molecular weight is 178 g/mol. The lowest BCUT2D eigenvalue weighted by atomic mass is 10.1. The molecule has 0 N–H and O–H groups in total. The molecule has 3 heteroatoms. The van der Waals surface area contributed by atoms with Crippen molar-refractivity contribution in [2.45, 2.75) is 25.7 Å². The van der Waals surface area contributed by atoms with Gasteiger partial charge in [-0.2, -0.15) is 0 Å². The van der Waals surface area contributed by atoms with Gasteiger partial charge in [0.1, 0.15) is 5.82 Å². The highest BCUT2D eigenvalue weighted by Crippen LogP contribution is 2.21. The molecule has 13 heavy (non-hydrogen) atoms. The Bertz CT molecular complexity index is 295. The Morgan fingerprint density at radius 3 is 2.77 bits per heavy atom. The Labute approximate surface area is 78.2 Å². The first-order chi connectivity index (χ1) is 6.27. The Morgan fingerprint density at radius 2 is 2.23 bits per heavy atom. The van der Waals surface area contributed by atoms with Crippen LogP contribution in [0.3, 0.4) is 0 Å². The largest absolute Gasteiger partial charge is 0.380 e. The van der Waals surface area contributed by atoms with E-state index in [0.29, 0.717) is 11.8 Å². The molecule has 1 saturated heterocycles. The van der Waals surface area contributed by atoms with Crippen LogP contribution in [-0.2, 0) is 4.74 Å². The van der Waals surface area contributed by atoms with Crippen LogP contribution in [0.15, 0.2) is 12.3 Å². The monoisotopic (exact) mass is 178 g/mol. The number of aromatic nitrogens is 2. The van der Waals surface area contributed by atoms with E-state index >= 15 is 0 Å². The SMILES string of the molecule is CC(C)c1ccnc(C2COC2)n1. The van der Waals surface area contributed by atoms with Gasteiger partial charge in [0.05, 0.1) is 19.1 Å². The number of hydrogen-bond donors (Lipinski definition) is 0. The average Bonchev–Trinajstić information content (AvgIpc) is 2.01. The molecule has 0 amide bonds. The van der Waals surface area contributed by atoms with Gasteiger partial charge in [-0.15, -0.1) is 0 Å². The molecule has 1 aromatic rings. The Morgan fingerprint density at radius 1 is 1.46 bits per heavy atom. The second kappa shape index (κ2) is 3.42. The molecule has 1 aliphatic rings. The number of nitrogens with zero attached hydrogens (tertiary/aromatic N) is 2. The normalized spacial score (nSPS) is 17.5. The summed E-state index contributed by atoms with van der Waals surface area (Å²) >= 11 is 0. The zero-order valence-corrected chi connectivity index (χ0v) is 8.03. The van der Waals surface area contributed by atoms with E-state index in [-0.39, 0.29) is 0 Å². The van der Waals surface area contributed by atoms with E-state index < -0.39 is 0 Å². The zero-order chi connectivity index (χ0) is 9.26. The molecule has 0 saturated carbocycles. The summed E-state index contributed by atoms with van der Waals surface area (Å²) in [4.78, 5) is 8.76. The van der Waals surface area contributed by atoms with Crippen LogP contribution in [0.1, 0.15) is 37.2 Å². The predicted octanol–water partition coefficient (Wildman–Crippen LogP) is 1.71. The van der Waals surface area contributed by atoms with Gasteiger partial charge in [-0.05, 0) is 12.0 Å². The Kier molecular flexibility index (Phi) is 2.27. The van der Waals surface area contributed by atoms with Crippen molar-refractivity contribution < 1.29 is 4.74 Å². The highest BCUT2D eigenvalue weighted by atomic mass is 16.5. The summed E-state index contributed by atoms with van der Waals surface area (Å²) < 4.78 is 5.11. The van der Waals surface area contributed by atoms with Gasteiger partial charge >= 0.3 is 0 Å². The number of rotatable bonds is 2. The van der Waals surface area contributed by atoms with Crippen LogP contribution >= 0.6 is 0 Å². The van der Waals surface area contributed by atoms with Crippen LogP contribution in [0.4, 0.5) is 0 Å². The van der Waals surface area contributed by atoms with Gasteiger partial charge in [0.15, 0.2) is 0 Å². The minimum absolute atomic E-state index is 0.429. The first-order valence-electron chi connectivity index (χ1n) is 4.68. The second-order valence-corrected chi connectivity index (χ2v) is 3.73. The van der Waals surface area contributed by atoms with Crippen molar-refractivity contribution in [2.75, 3.05) is 13.2 Å². The van der Waals surface area contributed by atoms with Crippen molar-refractivity contribution in [3.8, 4) is 0 Å². The molecule has 0 atom stereocenters. The third-order valence-electron chi connectivity index (χ3n) is 2.29. The number of hydrogen-bond acceptors (Lipinski definition) is 3. The molecule has 0 bridgehead atoms. The molecule has 1 fully saturated rings. The Balaban J connectivity index is 2.21. The van der Waals surface area contributed by atoms with Gasteiger partial charge in [-0.25, -0.2) is 9.97 Å². The second-order valence-electron chi connectivity index (χ2n) is 3.73. The third-order valence-corrected chi connectivity index (χ3v) is 2.29. The van der Waals surface area contributed by atoms with Gasteiger partial charge in [-0.3, -0.25) is 0 Å². The van der Waals surface area contributed by atoms with Gasteiger partial charge in [0.25, 0.3) is 0 Å². The molecule has 3 nitrogen and oxygen atoms in total. The maximum atomic E-state index is 5.11. The fourth-order valence-corrected chi connectivity index (χ4v) is 1.29. The summed E-state index contributed by atoms with van der Waals surface area (Å²) in [5.74, 6) is 1.85. The lowest BCUT2D eigenvalue weighted by molar-refractivity contribution is 0.00474. The van der Waals surface area contributed by atoms with Crippen molar-refractivity contribution in [3.05, 3.63) is 23.8 Å². The van der Waals surface area contributed by atoms with E-state index in [1.54, 1.807) is 0 Å². The molecular formula is C10H14N2O. The van der Waals surface area contributed by atoms with Crippen LogP contribution in [0.5, 0.6) is 0 Å². The van der Waals surface area contributed by atoms with E-state index in [0.717, 1.165) is 24.7 Å². The van der Waals surface area contributed by atoms with E-state index in [1.165, 1.54) is 0 Å². The van der Waals surface area contributed by atoms with Gasteiger partial charge in [0, 0.05) is 11.9 Å². The number of ether oxygens (including phenoxy) is 1. The standard InChI is InChI=1S/C10H14N2O/c1-7(2)9-3-4-11-10(12-9)8-5-13-6-8/h3-4,7-8H,5-6H2,1-2H3. The quantitative estimate of drug-likeness (QED) is 0.691. The fourth-order valence-electron chi connectivity index (χ4n) is 1.29. The molecule has 1 aromatic heterocycles. The van der Waals surface area contributed by atoms with Gasteiger partial charge in [-0.1, -0.05) is 13.8 Å². The van der Waals surface area contributed by atoms with Crippen molar-refractivity contribution in [3.63, 3.8) is 0 Å². The van der Waals surface area contributed by atoms with Crippen molar-refractivity contribution in [1.29, 1.82) is 0 Å². The molecule has 0 radical (unpaired) electrons. The summed E-state index contributed by atoms with van der Waals surface area (Å²) in [5, 5.41) is 0. The smallest absolute Gasteiger partial charge is 0.136 e. The lowest BCUT2D eigenvalue weighted by Crippen LogP contribution is -2.27. The Hall–Kier alpha value is -0.960. The summed E-state index contributed by atoms with van der Waals surface area (Å²) in [6.07, 6.45) is 1.84. The van der Waals surface area contributed by atoms with Crippen LogP contribution in [-0.4, -0.2) is 23.2 Å². The molecular weight excluding hydrogens is 164 g/mol. The van der Waals surface area contributed by atoms with E-state index in [4.69, 9.17) is 4.74 Å². The first-order valence-corrected chi connectivity index (χ1v) is 4.68. The van der Waals surface area contributed by atoms with Crippen LogP contribution in [0.2, 0.25) is 0 Å². The minimum Gasteiger partial charge on any atom is -0.380 e. The highest BCUT2D eigenvalue weighted by Gasteiger charge is 2.23. The maximum Gasteiger partial charge on any atom is 0.136 e. The third kappa shape index (κ3) is 1.70. The van der Waals surface area contributed by atoms with Crippen LogP contribution in [0.25, 0.3) is 0 Å². The highest BCUT2D eigenvalue weighted by molar-refractivity contribution is 5.10. The molecule has 0 aromatic carbocycles. The summed E-state index contributed by atoms with van der Waals surface area (Å²) in [7, 11) is 0. The molecule has 70 valence electrons. The molecule has 0 aliphatic carbocycles. The minimum atomic E-state index is 0.429. The van der Waals surface area contributed by atoms with Crippen LogP contribution in [0, 0.1) is 0 Å². The summed E-state index contributed by atoms with van der Waals surface area (Å²) in [6, 6.07) is 1.98.